The summed E-state index contributed by atoms with van der Waals surface area (Å²) in [4.78, 5) is 4.69. The molecule has 1 heterocycles. The number of thiazole rings is 1. The van der Waals surface area contributed by atoms with Gasteiger partial charge in [0, 0.05) is 28.8 Å². The molecule has 1 aromatic heterocycles. The van der Waals surface area contributed by atoms with Crippen LogP contribution in [0.5, 0.6) is 0 Å². The minimum atomic E-state index is -0.204. The lowest BCUT2D eigenvalue weighted by atomic mass is 9.93. The number of halogens is 2. The molecule has 0 bridgehead atoms. The smallest absolute Gasteiger partial charge is 0.142 e. The van der Waals surface area contributed by atoms with Crippen molar-refractivity contribution in [1.82, 2.24) is 10.3 Å². The Balaban J connectivity index is 2.23. The van der Waals surface area contributed by atoms with Crippen molar-refractivity contribution in [3.05, 3.63) is 50.1 Å². The molecule has 1 unspecified atom stereocenters. The molecule has 0 saturated carbocycles. The average molecular weight is 371 g/mol. The molecule has 0 aliphatic rings. The number of nitrogens with zero attached hydrogens (tertiary/aromatic N) is 1. The fourth-order valence-corrected chi connectivity index (χ4v) is 3.53. The monoisotopic (exact) mass is 370 g/mol. The molecule has 2 aromatic rings. The minimum absolute atomic E-state index is 0.0465. The number of likely N-dealkylation sites (N-methyl/N-ethyl adjacent to an activating group) is 1. The van der Waals surface area contributed by atoms with Crippen LogP contribution in [-0.4, -0.2) is 12.0 Å². The molecule has 114 valence electrons. The van der Waals surface area contributed by atoms with Gasteiger partial charge in [0.15, 0.2) is 0 Å². The molecular weight excluding hydrogens is 351 g/mol. The van der Waals surface area contributed by atoms with Crippen LogP contribution in [0.25, 0.3) is 0 Å². The third kappa shape index (κ3) is 3.90. The lowest BCUT2D eigenvalue weighted by molar-refractivity contribution is 0.526. The van der Waals surface area contributed by atoms with Crippen molar-refractivity contribution in [2.24, 2.45) is 0 Å². The number of rotatable bonds is 4. The van der Waals surface area contributed by atoms with Gasteiger partial charge in [-0.3, -0.25) is 0 Å². The van der Waals surface area contributed by atoms with Crippen LogP contribution in [0.4, 0.5) is 4.39 Å². The molecule has 21 heavy (non-hydrogen) atoms. The van der Waals surface area contributed by atoms with Gasteiger partial charge >= 0.3 is 0 Å². The van der Waals surface area contributed by atoms with Gasteiger partial charge in [-0.25, -0.2) is 9.37 Å². The SMILES string of the molecule is CNC(Cc1nc(C(C)(C)C)cs1)c1cccc(Br)c1F. The molecule has 0 amide bonds. The van der Waals surface area contributed by atoms with Crippen molar-refractivity contribution in [3.8, 4) is 0 Å². The standard InChI is InChI=1S/C16H20BrFN2S/c1-16(2,3)13-9-21-14(20-13)8-12(19-4)10-6-5-7-11(17)15(10)18/h5-7,9,12,19H,8H2,1-4H3. The Labute approximate surface area is 137 Å². The summed E-state index contributed by atoms with van der Waals surface area (Å²) in [5, 5.41) is 6.31. The molecule has 5 heteroatoms. The highest BCUT2D eigenvalue weighted by atomic mass is 79.9. The Kier molecular flexibility index (Phi) is 5.17. The zero-order chi connectivity index (χ0) is 15.6. The van der Waals surface area contributed by atoms with E-state index >= 15 is 0 Å². The van der Waals surface area contributed by atoms with Gasteiger partial charge in [0.25, 0.3) is 0 Å². The first kappa shape index (κ1) is 16.6. The Morgan fingerprint density at radius 3 is 2.67 bits per heavy atom. The molecule has 1 N–H and O–H groups in total. The van der Waals surface area contributed by atoms with Crippen LogP contribution in [0.3, 0.4) is 0 Å². The third-order valence-electron chi connectivity index (χ3n) is 3.40. The van der Waals surface area contributed by atoms with Gasteiger partial charge in [0.2, 0.25) is 0 Å². The van der Waals surface area contributed by atoms with Crippen LogP contribution < -0.4 is 5.32 Å². The molecule has 2 rings (SSSR count). The van der Waals surface area contributed by atoms with Crippen molar-refractivity contribution >= 4 is 27.3 Å². The van der Waals surface area contributed by atoms with Crippen molar-refractivity contribution < 1.29 is 4.39 Å². The normalized spacial score (nSPS) is 13.4. The maximum Gasteiger partial charge on any atom is 0.142 e. The van der Waals surface area contributed by atoms with Crippen molar-refractivity contribution in [2.75, 3.05) is 7.05 Å². The van der Waals surface area contributed by atoms with Gasteiger partial charge in [-0.15, -0.1) is 11.3 Å². The van der Waals surface area contributed by atoms with E-state index in [4.69, 9.17) is 4.98 Å². The molecular formula is C16H20BrFN2S. The van der Waals surface area contributed by atoms with E-state index in [2.05, 4.69) is 47.4 Å². The Hall–Kier alpha value is -0.780. The molecule has 0 spiro atoms. The maximum atomic E-state index is 14.2. The van der Waals surface area contributed by atoms with E-state index in [0.717, 1.165) is 10.7 Å². The summed E-state index contributed by atoms with van der Waals surface area (Å²) in [5.74, 6) is -0.204. The number of hydrogen-bond acceptors (Lipinski definition) is 3. The fourth-order valence-electron chi connectivity index (χ4n) is 2.08. The van der Waals surface area contributed by atoms with E-state index in [1.807, 2.05) is 19.2 Å². The largest absolute Gasteiger partial charge is 0.313 e. The van der Waals surface area contributed by atoms with E-state index in [1.165, 1.54) is 0 Å². The van der Waals surface area contributed by atoms with Gasteiger partial charge in [-0.05, 0) is 29.0 Å². The summed E-state index contributed by atoms with van der Waals surface area (Å²) in [5.41, 5.74) is 1.80. The second-order valence-electron chi connectivity index (χ2n) is 6.06. The van der Waals surface area contributed by atoms with Crippen LogP contribution in [0.2, 0.25) is 0 Å². The summed E-state index contributed by atoms with van der Waals surface area (Å²) in [7, 11) is 1.85. The molecule has 1 aromatic carbocycles. The van der Waals surface area contributed by atoms with Crippen LogP contribution in [0, 0.1) is 5.82 Å². The lowest BCUT2D eigenvalue weighted by Gasteiger charge is -2.17. The van der Waals surface area contributed by atoms with Crippen molar-refractivity contribution in [3.63, 3.8) is 0 Å². The molecule has 0 aliphatic heterocycles. The summed E-state index contributed by atoms with van der Waals surface area (Å²) in [6.45, 7) is 6.44. The zero-order valence-electron chi connectivity index (χ0n) is 12.7. The minimum Gasteiger partial charge on any atom is -0.313 e. The second kappa shape index (κ2) is 6.55. The Bertz CT molecular complexity index is 619. The maximum absolute atomic E-state index is 14.2. The van der Waals surface area contributed by atoms with E-state index in [-0.39, 0.29) is 17.3 Å². The highest BCUT2D eigenvalue weighted by Gasteiger charge is 2.21. The molecule has 0 radical (unpaired) electrons. The Morgan fingerprint density at radius 1 is 1.38 bits per heavy atom. The number of aromatic nitrogens is 1. The lowest BCUT2D eigenvalue weighted by Crippen LogP contribution is -2.20. The third-order valence-corrected chi connectivity index (χ3v) is 4.89. The average Bonchev–Trinajstić information content (AvgIpc) is 2.88. The predicted octanol–water partition coefficient (Wildman–Crippen LogP) is 4.85. The quantitative estimate of drug-likeness (QED) is 0.832. The van der Waals surface area contributed by atoms with Crippen LogP contribution in [0.15, 0.2) is 28.1 Å². The molecule has 1 atom stereocenters. The van der Waals surface area contributed by atoms with Gasteiger partial charge < -0.3 is 5.32 Å². The zero-order valence-corrected chi connectivity index (χ0v) is 15.1. The summed E-state index contributed by atoms with van der Waals surface area (Å²) in [6.07, 6.45) is 0.685. The fraction of sp³-hybridized carbons (Fsp3) is 0.438. The molecule has 2 nitrogen and oxygen atoms in total. The van der Waals surface area contributed by atoms with E-state index in [9.17, 15) is 4.39 Å². The van der Waals surface area contributed by atoms with E-state index in [0.29, 0.717) is 16.5 Å². The van der Waals surface area contributed by atoms with Crippen molar-refractivity contribution in [2.45, 2.75) is 38.6 Å². The van der Waals surface area contributed by atoms with Gasteiger partial charge in [0.05, 0.1) is 15.2 Å². The van der Waals surface area contributed by atoms with Gasteiger partial charge in [0.1, 0.15) is 5.82 Å². The highest BCUT2D eigenvalue weighted by Crippen LogP contribution is 2.29. The first-order valence-corrected chi connectivity index (χ1v) is 8.56. The van der Waals surface area contributed by atoms with E-state index < -0.39 is 0 Å². The first-order valence-electron chi connectivity index (χ1n) is 6.89. The van der Waals surface area contributed by atoms with Crippen LogP contribution >= 0.6 is 27.3 Å². The van der Waals surface area contributed by atoms with E-state index in [1.54, 1.807) is 17.4 Å². The molecule has 0 saturated heterocycles. The van der Waals surface area contributed by atoms with Crippen LogP contribution in [0.1, 0.15) is 43.1 Å². The Morgan fingerprint density at radius 2 is 2.10 bits per heavy atom. The van der Waals surface area contributed by atoms with Crippen LogP contribution in [-0.2, 0) is 11.8 Å². The molecule has 0 aliphatic carbocycles. The first-order chi connectivity index (χ1) is 9.82. The number of hydrogen-bond donors (Lipinski definition) is 1. The summed E-state index contributed by atoms with van der Waals surface area (Å²) < 4.78 is 14.7. The topological polar surface area (TPSA) is 24.9 Å². The van der Waals surface area contributed by atoms with Gasteiger partial charge in [-0.2, -0.15) is 0 Å². The molecule has 0 fully saturated rings. The predicted molar refractivity (Wildman–Crippen MR) is 90.4 cm³/mol. The highest BCUT2D eigenvalue weighted by molar-refractivity contribution is 9.10. The number of nitrogens with one attached hydrogen (secondary N) is 1. The number of benzene rings is 1. The second-order valence-corrected chi connectivity index (χ2v) is 7.86. The summed E-state index contributed by atoms with van der Waals surface area (Å²) in [6, 6.07) is 5.31. The van der Waals surface area contributed by atoms with Crippen molar-refractivity contribution in [1.29, 1.82) is 0 Å². The summed E-state index contributed by atoms with van der Waals surface area (Å²) >= 11 is 4.88. The van der Waals surface area contributed by atoms with Gasteiger partial charge in [-0.1, -0.05) is 32.9 Å².